The molecular weight excluding hydrogens is 236 g/mol. The predicted octanol–water partition coefficient (Wildman–Crippen LogP) is 4.03. The smallest absolute Gasteiger partial charge is 0.172 e. The normalized spacial score (nSPS) is 11.0. The Bertz CT molecular complexity index is 716. The topological polar surface area (TPSA) is 52.0 Å². The Morgan fingerprint density at radius 2 is 1.89 bits per heavy atom. The number of anilines is 1. The lowest BCUT2D eigenvalue weighted by molar-refractivity contribution is 0.435. The summed E-state index contributed by atoms with van der Waals surface area (Å²) in [6.07, 6.45) is 1.91. The molecule has 0 fully saturated rings. The number of nitrogen functional groups attached to an aromatic ring is 1. The molecule has 0 unspecified atom stereocenters. The lowest BCUT2D eigenvalue weighted by atomic mass is 10.0. The van der Waals surface area contributed by atoms with Gasteiger partial charge in [-0.15, -0.1) is 0 Å². The molecule has 3 heteroatoms. The molecule has 2 N–H and O–H groups in total. The van der Waals surface area contributed by atoms with Crippen LogP contribution in [0.15, 0.2) is 47.0 Å². The van der Waals surface area contributed by atoms with Crippen molar-refractivity contribution in [2.75, 3.05) is 5.73 Å². The van der Waals surface area contributed by atoms with Crippen molar-refractivity contribution in [2.24, 2.45) is 0 Å². The van der Waals surface area contributed by atoms with Gasteiger partial charge < -0.3 is 10.3 Å². The molecule has 0 radical (unpaired) electrons. The first-order valence-electron chi connectivity index (χ1n) is 6.53. The van der Waals surface area contributed by atoms with Gasteiger partial charge in [0.15, 0.2) is 11.6 Å². The zero-order chi connectivity index (χ0) is 13.2. The molecule has 0 aliphatic rings. The molecule has 0 bridgehead atoms. The van der Waals surface area contributed by atoms with Crippen molar-refractivity contribution in [3.63, 3.8) is 0 Å². The highest BCUT2D eigenvalue weighted by Gasteiger charge is 2.14. The van der Waals surface area contributed by atoms with Crippen LogP contribution in [0.1, 0.15) is 18.9 Å². The summed E-state index contributed by atoms with van der Waals surface area (Å²) < 4.78 is 5.41. The molecule has 0 atom stereocenters. The standard InChI is InChI=1S/C16H16N2O/c1-2-5-14-15(19-18-16(14)17)13-9-8-11-6-3-4-7-12(11)10-13/h3-4,6-10H,2,5H2,1H3,(H2,17,18). The second-order valence-electron chi connectivity index (χ2n) is 4.69. The van der Waals surface area contributed by atoms with Crippen molar-refractivity contribution in [2.45, 2.75) is 19.8 Å². The van der Waals surface area contributed by atoms with Crippen LogP contribution in [0, 0.1) is 0 Å². The Balaban J connectivity index is 2.13. The van der Waals surface area contributed by atoms with E-state index in [0.717, 1.165) is 29.7 Å². The fourth-order valence-electron chi connectivity index (χ4n) is 2.37. The molecule has 3 nitrogen and oxygen atoms in total. The second kappa shape index (κ2) is 4.76. The van der Waals surface area contributed by atoms with E-state index < -0.39 is 0 Å². The molecule has 0 saturated heterocycles. The van der Waals surface area contributed by atoms with Gasteiger partial charge in [0.2, 0.25) is 0 Å². The number of aromatic nitrogens is 1. The molecule has 96 valence electrons. The van der Waals surface area contributed by atoms with Crippen LogP contribution >= 0.6 is 0 Å². The summed E-state index contributed by atoms with van der Waals surface area (Å²) >= 11 is 0. The van der Waals surface area contributed by atoms with Crippen molar-refractivity contribution in [3.05, 3.63) is 48.0 Å². The van der Waals surface area contributed by atoms with Gasteiger partial charge in [0, 0.05) is 11.1 Å². The maximum atomic E-state index is 5.87. The van der Waals surface area contributed by atoms with E-state index in [-0.39, 0.29) is 0 Å². The van der Waals surface area contributed by atoms with Crippen LogP contribution in [0.25, 0.3) is 22.1 Å². The van der Waals surface area contributed by atoms with Gasteiger partial charge in [-0.25, -0.2) is 0 Å². The van der Waals surface area contributed by atoms with Crippen LogP contribution in [0.5, 0.6) is 0 Å². The van der Waals surface area contributed by atoms with E-state index in [1.807, 2.05) is 12.1 Å². The van der Waals surface area contributed by atoms with Crippen molar-refractivity contribution >= 4 is 16.6 Å². The maximum absolute atomic E-state index is 5.87. The van der Waals surface area contributed by atoms with Crippen LogP contribution in [0.3, 0.4) is 0 Å². The lowest BCUT2D eigenvalue weighted by Crippen LogP contribution is -1.92. The number of rotatable bonds is 3. The molecule has 1 heterocycles. The number of benzene rings is 2. The average Bonchev–Trinajstić information content (AvgIpc) is 2.80. The average molecular weight is 252 g/mol. The zero-order valence-electron chi connectivity index (χ0n) is 10.9. The molecule has 3 rings (SSSR count). The monoisotopic (exact) mass is 252 g/mol. The molecule has 19 heavy (non-hydrogen) atoms. The number of hydrogen-bond donors (Lipinski definition) is 1. The third-order valence-electron chi connectivity index (χ3n) is 3.33. The summed E-state index contributed by atoms with van der Waals surface area (Å²) in [4.78, 5) is 0. The van der Waals surface area contributed by atoms with Gasteiger partial charge >= 0.3 is 0 Å². The third-order valence-corrected chi connectivity index (χ3v) is 3.33. The first-order valence-corrected chi connectivity index (χ1v) is 6.53. The lowest BCUT2D eigenvalue weighted by Gasteiger charge is -2.03. The predicted molar refractivity (Wildman–Crippen MR) is 77.9 cm³/mol. The van der Waals surface area contributed by atoms with E-state index in [1.54, 1.807) is 0 Å². The number of fused-ring (bicyclic) bond motifs is 1. The van der Waals surface area contributed by atoms with E-state index in [2.05, 4.69) is 42.4 Å². The van der Waals surface area contributed by atoms with E-state index >= 15 is 0 Å². The Kier molecular flexibility index (Phi) is 2.95. The molecule has 0 amide bonds. The van der Waals surface area contributed by atoms with Gasteiger partial charge in [-0.1, -0.05) is 54.9 Å². The summed E-state index contributed by atoms with van der Waals surface area (Å²) in [6, 6.07) is 14.5. The van der Waals surface area contributed by atoms with Gasteiger partial charge in [0.05, 0.1) is 0 Å². The van der Waals surface area contributed by atoms with E-state index in [1.165, 1.54) is 10.8 Å². The summed E-state index contributed by atoms with van der Waals surface area (Å²) in [5, 5.41) is 6.30. The maximum Gasteiger partial charge on any atom is 0.172 e. The summed E-state index contributed by atoms with van der Waals surface area (Å²) in [7, 11) is 0. The highest BCUT2D eigenvalue weighted by atomic mass is 16.5. The Hall–Kier alpha value is -2.29. The highest BCUT2D eigenvalue weighted by molar-refractivity contribution is 5.87. The largest absolute Gasteiger partial charge is 0.381 e. The summed E-state index contributed by atoms with van der Waals surface area (Å²) in [5.41, 5.74) is 7.92. The van der Waals surface area contributed by atoms with Crippen LogP contribution in [0.2, 0.25) is 0 Å². The van der Waals surface area contributed by atoms with Crippen LogP contribution in [0.4, 0.5) is 5.82 Å². The highest BCUT2D eigenvalue weighted by Crippen LogP contribution is 2.30. The fourth-order valence-corrected chi connectivity index (χ4v) is 2.37. The number of nitrogens with two attached hydrogens (primary N) is 1. The molecule has 0 aliphatic carbocycles. The third kappa shape index (κ3) is 2.08. The Labute approximate surface area is 112 Å². The van der Waals surface area contributed by atoms with Crippen molar-refractivity contribution in [3.8, 4) is 11.3 Å². The van der Waals surface area contributed by atoms with Crippen LogP contribution in [-0.2, 0) is 6.42 Å². The SMILES string of the molecule is CCCc1c(N)noc1-c1ccc2ccccc2c1. The van der Waals surface area contributed by atoms with Gasteiger partial charge in [-0.2, -0.15) is 0 Å². The van der Waals surface area contributed by atoms with Crippen LogP contribution < -0.4 is 5.73 Å². The van der Waals surface area contributed by atoms with E-state index in [9.17, 15) is 0 Å². The minimum Gasteiger partial charge on any atom is -0.381 e. The molecule has 0 saturated carbocycles. The zero-order valence-corrected chi connectivity index (χ0v) is 10.9. The van der Waals surface area contributed by atoms with Gasteiger partial charge in [-0.3, -0.25) is 0 Å². The van der Waals surface area contributed by atoms with Gasteiger partial charge in [0.1, 0.15) is 0 Å². The quantitative estimate of drug-likeness (QED) is 0.765. The summed E-state index contributed by atoms with van der Waals surface area (Å²) in [6.45, 7) is 2.12. The molecule has 0 spiro atoms. The minimum atomic E-state index is 0.505. The number of hydrogen-bond acceptors (Lipinski definition) is 3. The first kappa shape index (κ1) is 11.8. The molecule has 3 aromatic rings. The van der Waals surface area contributed by atoms with Crippen molar-refractivity contribution in [1.82, 2.24) is 5.16 Å². The Morgan fingerprint density at radius 3 is 2.68 bits per heavy atom. The number of nitrogens with zero attached hydrogens (tertiary/aromatic N) is 1. The fraction of sp³-hybridized carbons (Fsp3) is 0.188. The first-order chi connectivity index (χ1) is 9.29. The molecular formula is C16H16N2O. The minimum absolute atomic E-state index is 0.505. The van der Waals surface area contributed by atoms with Crippen molar-refractivity contribution in [1.29, 1.82) is 0 Å². The molecule has 1 aromatic heterocycles. The van der Waals surface area contributed by atoms with Crippen LogP contribution in [-0.4, -0.2) is 5.16 Å². The molecule has 0 aliphatic heterocycles. The second-order valence-corrected chi connectivity index (χ2v) is 4.69. The van der Waals surface area contributed by atoms with E-state index in [4.69, 9.17) is 10.3 Å². The Morgan fingerprint density at radius 1 is 1.11 bits per heavy atom. The van der Waals surface area contributed by atoms with E-state index in [0.29, 0.717) is 5.82 Å². The molecule has 2 aromatic carbocycles. The van der Waals surface area contributed by atoms with Gasteiger partial charge in [0.25, 0.3) is 0 Å². The van der Waals surface area contributed by atoms with Crippen molar-refractivity contribution < 1.29 is 4.52 Å². The van der Waals surface area contributed by atoms with Gasteiger partial charge in [-0.05, 0) is 23.3 Å². The summed E-state index contributed by atoms with van der Waals surface area (Å²) in [5.74, 6) is 1.30.